The molecule has 0 radical (unpaired) electrons. The maximum absolute atomic E-state index is 12.0. The minimum atomic E-state index is -0.790. The molecule has 0 aromatic carbocycles. The molecule has 2 N–H and O–H groups in total. The molecule has 2 amide bonds. The molecule has 7 nitrogen and oxygen atoms in total. The van der Waals surface area contributed by atoms with Gasteiger partial charge >= 0.3 is 5.97 Å². The fourth-order valence-corrected chi connectivity index (χ4v) is 2.77. The number of carbonyl (C=O) groups is 3. The predicted octanol–water partition coefficient (Wildman–Crippen LogP) is 0.212. The molecular weight excluding hydrogens is 262 g/mol. The van der Waals surface area contributed by atoms with Crippen LogP contribution in [0, 0.1) is 11.8 Å². The van der Waals surface area contributed by atoms with E-state index in [1.807, 2.05) is 0 Å². The van der Waals surface area contributed by atoms with Crippen LogP contribution in [0.2, 0.25) is 0 Å². The number of amides is 2. The first kappa shape index (κ1) is 14.5. The Balaban J connectivity index is 1.88. The minimum absolute atomic E-state index is 0.0139. The van der Waals surface area contributed by atoms with E-state index in [1.54, 1.807) is 0 Å². The average molecular weight is 281 g/mol. The van der Waals surface area contributed by atoms with E-state index in [-0.39, 0.29) is 30.1 Å². The highest BCUT2D eigenvalue weighted by Gasteiger charge is 2.33. The zero-order chi connectivity index (χ0) is 14.7. The van der Waals surface area contributed by atoms with Crippen LogP contribution >= 0.6 is 0 Å². The lowest BCUT2D eigenvalue weighted by atomic mass is 9.96. The molecule has 1 aliphatic heterocycles. The molecule has 1 fully saturated rings. The van der Waals surface area contributed by atoms with Gasteiger partial charge in [-0.2, -0.15) is 5.10 Å². The molecule has 1 saturated carbocycles. The van der Waals surface area contributed by atoms with Crippen molar-refractivity contribution in [1.29, 1.82) is 0 Å². The second-order valence-electron chi connectivity index (χ2n) is 5.31. The second kappa shape index (κ2) is 6.02. The van der Waals surface area contributed by atoms with Crippen LogP contribution in [0.25, 0.3) is 0 Å². The van der Waals surface area contributed by atoms with Gasteiger partial charge in [0.15, 0.2) is 0 Å². The number of hydrazone groups is 1. The van der Waals surface area contributed by atoms with Crippen LogP contribution in [0.15, 0.2) is 5.10 Å². The third kappa shape index (κ3) is 3.15. The highest BCUT2D eigenvalue weighted by atomic mass is 16.4. The zero-order valence-corrected chi connectivity index (χ0v) is 11.5. The van der Waals surface area contributed by atoms with Crippen molar-refractivity contribution in [3.63, 3.8) is 0 Å². The van der Waals surface area contributed by atoms with Gasteiger partial charge in [0.2, 0.25) is 5.91 Å². The fraction of sp³-hybridized carbons (Fsp3) is 0.692. The maximum atomic E-state index is 12.0. The van der Waals surface area contributed by atoms with E-state index in [2.05, 4.69) is 10.4 Å². The third-order valence-electron chi connectivity index (χ3n) is 3.97. The summed E-state index contributed by atoms with van der Waals surface area (Å²) in [5.41, 5.74) is 0.331. The van der Waals surface area contributed by atoms with Crippen LogP contribution in [0.5, 0.6) is 0 Å². The summed E-state index contributed by atoms with van der Waals surface area (Å²) >= 11 is 0. The third-order valence-corrected chi connectivity index (χ3v) is 3.97. The highest BCUT2D eigenvalue weighted by Crippen LogP contribution is 2.31. The molecule has 110 valence electrons. The van der Waals surface area contributed by atoms with Gasteiger partial charge < -0.3 is 10.4 Å². The molecule has 7 heteroatoms. The number of rotatable bonds is 4. The smallest absolute Gasteiger partial charge is 0.306 e. The number of nitrogens with one attached hydrogen (secondary N) is 1. The highest BCUT2D eigenvalue weighted by molar-refractivity contribution is 6.39. The first-order valence-electron chi connectivity index (χ1n) is 6.84. The van der Waals surface area contributed by atoms with Crippen LogP contribution in [-0.4, -0.2) is 47.2 Å². The van der Waals surface area contributed by atoms with Crippen molar-refractivity contribution >= 4 is 23.5 Å². The number of aliphatic carboxylic acids is 1. The summed E-state index contributed by atoms with van der Waals surface area (Å²) in [5.74, 6) is -1.58. The maximum Gasteiger partial charge on any atom is 0.306 e. The number of hydrogen-bond donors (Lipinski definition) is 2. The van der Waals surface area contributed by atoms with Crippen molar-refractivity contribution in [3.8, 4) is 0 Å². The summed E-state index contributed by atoms with van der Waals surface area (Å²) in [7, 11) is 1.52. The van der Waals surface area contributed by atoms with Gasteiger partial charge in [-0.25, -0.2) is 5.01 Å². The van der Waals surface area contributed by atoms with E-state index in [1.165, 1.54) is 12.1 Å². The summed E-state index contributed by atoms with van der Waals surface area (Å²) in [5, 5.41) is 16.9. The minimum Gasteiger partial charge on any atom is -0.481 e. The van der Waals surface area contributed by atoms with Crippen molar-refractivity contribution in [1.82, 2.24) is 10.3 Å². The molecule has 1 aliphatic carbocycles. The molecule has 2 unspecified atom stereocenters. The average Bonchev–Trinajstić information content (AvgIpc) is 2.87. The monoisotopic (exact) mass is 281 g/mol. The normalized spacial score (nSPS) is 26.4. The van der Waals surface area contributed by atoms with Gasteiger partial charge in [-0.1, -0.05) is 6.42 Å². The summed E-state index contributed by atoms with van der Waals surface area (Å²) in [4.78, 5) is 34.3. The van der Waals surface area contributed by atoms with Crippen LogP contribution in [0.1, 0.15) is 32.1 Å². The molecule has 2 atom stereocenters. The Morgan fingerprint density at radius 1 is 1.40 bits per heavy atom. The van der Waals surface area contributed by atoms with Crippen molar-refractivity contribution in [2.45, 2.75) is 32.1 Å². The molecule has 0 aromatic rings. The van der Waals surface area contributed by atoms with Crippen LogP contribution < -0.4 is 5.32 Å². The van der Waals surface area contributed by atoms with Crippen molar-refractivity contribution in [2.75, 3.05) is 13.6 Å². The lowest BCUT2D eigenvalue weighted by Crippen LogP contribution is -2.40. The van der Waals surface area contributed by atoms with Gasteiger partial charge in [-0.05, 0) is 18.8 Å². The fourth-order valence-electron chi connectivity index (χ4n) is 2.77. The molecule has 0 saturated heterocycles. The zero-order valence-electron chi connectivity index (χ0n) is 11.5. The molecule has 20 heavy (non-hydrogen) atoms. The topological polar surface area (TPSA) is 99.1 Å². The van der Waals surface area contributed by atoms with Crippen molar-refractivity contribution < 1.29 is 19.5 Å². The number of carbonyl (C=O) groups excluding carboxylic acids is 2. The molecule has 0 spiro atoms. The van der Waals surface area contributed by atoms with E-state index in [0.29, 0.717) is 25.1 Å². The van der Waals surface area contributed by atoms with Crippen molar-refractivity contribution in [2.24, 2.45) is 16.9 Å². The standard InChI is InChI=1S/C13H19N3O4/c1-16-11(17)6-5-10(15-16)12(18)14-7-8-3-2-4-9(8)13(19)20/h8-9H,2-7H2,1H3,(H,14,18)(H,19,20). The Kier molecular flexibility index (Phi) is 4.36. The van der Waals surface area contributed by atoms with Gasteiger partial charge in [-0.3, -0.25) is 14.4 Å². The SMILES string of the molecule is CN1N=C(C(=O)NCC2CCCC2C(=O)O)CCC1=O. The van der Waals surface area contributed by atoms with Crippen LogP contribution in [0.4, 0.5) is 0 Å². The Hall–Kier alpha value is -1.92. The first-order chi connectivity index (χ1) is 9.49. The Bertz CT molecular complexity index is 461. The van der Waals surface area contributed by atoms with Crippen LogP contribution in [-0.2, 0) is 14.4 Å². The van der Waals surface area contributed by atoms with Crippen LogP contribution in [0.3, 0.4) is 0 Å². The summed E-state index contributed by atoms with van der Waals surface area (Å²) in [6.07, 6.45) is 3.00. The Morgan fingerprint density at radius 3 is 2.80 bits per heavy atom. The van der Waals surface area contributed by atoms with Gasteiger partial charge in [0, 0.05) is 26.4 Å². The second-order valence-corrected chi connectivity index (χ2v) is 5.31. The molecule has 2 aliphatic rings. The quantitative estimate of drug-likeness (QED) is 0.769. The number of carboxylic acid groups (broad SMARTS) is 1. The lowest BCUT2D eigenvalue weighted by molar-refractivity contribution is -0.143. The van der Waals surface area contributed by atoms with E-state index < -0.39 is 5.97 Å². The van der Waals surface area contributed by atoms with E-state index >= 15 is 0 Å². The van der Waals surface area contributed by atoms with Crippen molar-refractivity contribution in [3.05, 3.63) is 0 Å². The number of carboxylic acids is 1. The van der Waals surface area contributed by atoms with E-state index in [9.17, 15) is 14.4 Å². The predicted molar refractivity (Wildman–Crippen MR) is 70.9 cm³/mol. The lowest BCUT2D eigenvalue weighted by Gasteiger charge is -2.20. The molecule has 2 rings (SSSR count). The van der Waals surface area contributed by atoms with E-state index in [4.69, 9.17) is 5.11 Å². The molecule has 0 bridgehead atoms. The summed E-state index contributed by atoms with van der Waals surface area (Å²) < 4.78 is 0. The number of hydrogen-bond acceptors (Lipinski definition) is 4. The van der Waals surface area contributed by atoms with Gasteiger partial charge in [-0.15, -0.1) is 0 Å². The van der Waals surface area contributed by atoms with E-state index in [0.717, 1.165) is 12.8 Å². The molecular formula is C13H19N3O4. The molecule has 0 aromatic heterocycles. The summed E-state index contributed by atoms with van der Waals surface area (Å²) in [6, 6.07) is 0. The number of nitrogens with zero attached hydrogens (tertiary/aromatic N) is 2. The molecule has 1 heterocycles. The van der Waals surface area contributed by atoms with Gasteiger partial charge in [0.1, 0.15) is 5.71 Å². The largest absolute Gasteiger partial charge is 0.481 e. The Morgan fingerprint density at radius 2 is 2.15 bits per heavy atom. The van der Waals surface area contributed by atoms with Gasteiger partial charge in [0.25, 0.3) is 5.91 Å². The van der Waals surface area contributed by atoms with Gasteiger partial charge in [0.05, 0.1) is 5.92 Å². The Labute approximate surface area is 117 Å². The summed E-state index contributed by atoms with van der Waals surface area (Å²) in [6.45, 7) is 0.354. The first-order valence-corrected chi connectivity index (χ1v) is 6.84.